The van der Waals surface area contributed by atoms with Crippen LogP contribution in [0.4, 0.5) is 4.79 Å². The summed E-state index contributed by atoms with van der Waals surface area (Å²) in [7, 11) is 1.37. The van der Waals surface area contributed by atoms with Crippen LogP contribution in [-0.4, -0.2) is 25.5 Å². The molecule has 1 N–H and O–H groups in total. The van der Waals surface area contributed by atoms with Crippen LogP contribution in [0.5, 0.6) is 0 Å². The van der Waals surface area contributed by atoms with Gasteiger partial charge in [-0.05, 0) is 31.6 Å². The van der Waals surface area contributed by atoms with Crippen LogP contribution >= 0.6 is 0 Å². The second-order valence-electron chi connectivity index (χ2n) is 3.76. The molecule has 0 heterocycles. The molecule has 1 amide bonds. The van der Waals surface area contributed by atoms with Crippen LogP contribution in [0.15, 0.2) is 0 Å². The molecule has 0 radical (unpaired) electrons. The summed E-state index contributed by atoms with van der Waals surface area (Å²) in [5.74, 6) is 0.517. The first kappa shape index (κ1) is 11.0. The molecule has 0 bridgehead atoms. The molecule has 0 aliphatic heterocycles. The van der Waals surface area contributed by atoms with Crippen molar-refractivity contribution in [3.8, 4) is 0 Å². The van der Waals surface area contributed by atoms with Crippen molar-refractivity contribution < 1.29 is 14.3 Å². The van der Waals surface area contributed by atoms with Gasteiger partial charge in [-0.15, -0.1) is 0 Å². The van der Waals surface area contributed by atoms with E-state index in [1.807, 2.05) is 0 Å². The van der Waals surface area contributed by atoms with E-state index in [1.165, 1.54) is 7.11 Å². The Labute approximate surface area is 84.0 Å². The lowest BCUT2D eigenvalue weighted by atomic mass is 9.84. The molecule has 0 spiro atoms. The van der Waals surface area contributed by atoms with Gasteiger partial charge in [-0.1, -0.05) is 0 Å². The lowest BCUT2D eigenvalue weighted by Gasteiger charge is -2.27. The fraction of sp³-hybridized carbons (Fsp3) is 0.800. The first-order valence-electron chi connectivity index (χ1n) is 5.04. The van der Waals surface area contributed by atoms with Gasteiger partial charge in [0.2, 0.25) is 0 Å². The van der Waals surface area contributed by atoms with E-state index < -0.39 is 0 Å². The zero-order chi connectivity index (χ0) is 10.4. The number of aldehydes is 1. The Balaban J connectivity index is 2.21. The third kappa shape index (κ3) is 3.36. The smallest absolute Gasteiger partial charge is 0.407 e. The van der Waals surface area contributed by atoms with Gasteiger partial charge in [0.15, 0.2) is 0 Å². The highest BCUT2D eigenvalue weighted by molar-refractivity contribution is 5.67. The predicted molar refractivity (Wildman–Crippen MR) is 52.0 cm³/mol. The van der Waals surface area contributed by atoms with Crippen LogP contribution in [-0.2, 0) is 9.53 Å². The molecule has 0 aromatic rings. The quantitative estimate of drug-likeness (QED) is 0.700. The summed E-state index contributed by atoms with van der Waals surface area (Å²) in [5.41, 5.74) is 0. The summed E-state index contributed by atoms with van der Waals surface area (Å²) in [6.07, 6.45) is 5.23. The maximum atomic E-state index is 10.9. The van der Waals surface area contributed by atoms with Crippen LogP contribution in [0, 0.1) is 5.92 Å². The van der Waals surface area contributed by atoms with E-state index in [1.54, 1.807) is 0 Å². The molecule has 1 rings (SSSR count). The number of alkyl carbamates (subject to hydrolysis) is 1. The van der Waals surface area contributed by atoms with Crippen molar-refractivity contribution in [2.45, 2.75) is 38.1 Å². The SMILES string of the molecule is COC(=O)NC1CCC(CC=O)CC1. The lowest BCUT2D eigenvalue weighted by molar-refractivity contribution is -0.108. The molecule has 0 saturated heterocycles. The Morgan fingerprint density at radius 1 is 1.43 bits per heavy atom. The Morgan fingerprint density at radius 3 is 2.57 bits per heavy atom. The highest BCUT2D eigenvalue weighted by Crippen LogP contribution is 2.25. The van der Waals surface area contributed by atoms with Crippen molar-refractivity contribution in [1.82, 2.24) is 5.32 Å². The van der Waals surface area contributed by atoms with Crippen molar-refractivity contribution in [2.75, 3.05) is 7.11 Å². The molecular weight excluding hydrogens is 182 g/mol. The molecule has 0 aromatic carbocycles. The van der Waals surface area contributed by atoms with E-state index in [4.69, 9.17) is 0 Å². The van der Waals surface area contributed by atoms with Crippen molar-refractivity contribution in [1.29, 1.82) is 0 Å². The van der Waals surface area contributed by atoms with Gasteiger partial charge in [-0.25, -0.2) is 4.79 Å². The van der Waals surface area contributed by atoms with Crippen LogP contribution < -0.4 is 5.32 Å². The van der Waals surface area contributed by atoms with E-state index in [0.29, 0.717) is 12.3 Å². The molecule has 1 saturated carbocycles. The molecule has 1 fully saturated rings. The minimum Gasteiger partial charge on any atom is -0.453 e. The van der Waals surface area contributed by atoms with E-state index in [0.717, 1.165) is 32.0 Å². The van der Waals surface area contributed by atoms with Crippen molar-refractivity contribution in [3.63, 3.8) is 0 Å². The molecule has 0 unspecified atom stereocenters. The number of rotatable bonds is 3. The van der Waals surface area contributed by atoms with Gasteiger partial charge < -0.3 is 14.8 Å². The fourth-order valence-corrected chi connectivity index (χ4v) is 1.90. The molecule has 4 nitrogen and oxygen atoms in total. The van der Waals surface area contributed by atoms with Crippen LogP contribution in [0.3, 0.4) is 0 Å². The number of methoxy groups -OCH3 is 1. The summed E-state index contributed by atoms with van der Waals surface area (Å²) in [6.45, 7) is 0. The van der Waals surface area contributed by atoms with Gasteiger partial charge >= 0.3 is 6.09 Å². The summed E-state index contributed by atoms with van der Waals surface area (Å²) < 4.78 is 4.52. The van der Waals surface area contributed by atoms with E-state index in [-0.39, 0.29) is 12.1 Å². The molecule has 0 aromatic heterocycles. The van der Waals surface area contributed by atoms with E-state index in [2.05, 4.69) is 10.1 Å². The first-order chi connectivity index (χ1) is 6.76. The Morgan fingerprint density at radius 2 is 2.07 bits per heavy atom. The molecule has 14 heavy (non-hydrogen) atoms. The van der Waals surface area contributed by atoms with Gasteiger partial charge in [0.25, 0.3) is 0 Å². The average Bonchev–Trinajstić information content (AvgIpc) is 2.21. The van der Waals surface area contributed by atoms with Crippen molar-refractivity contribution >= 4 is 12.4 Å². The van der Waals surface area contributed by atoms with Gasteiger partial charge in [-0.2, -0.15) is 0 Å². The fourth-order valence-electron chi connectivity index (χ4n) is 1.90. The van der Waals surface area contributed by atoms with Crippen LogP contribution in [0.2, 0.25) is 0 Å². The number of ether oxygens (including phenoxy) is 1. The average molecular weight is 199 g/mol. The second kappa shape index (κ2) is 5.62. The number of carbonyl (C=O) groups is 2. The minimum atomic E-state index is -0.358. The first-order valence-corrected chi connectivity index (χ1v) is 5.04. The molecule has 1 aliphatic rings. The Kier molecular flexibility index (Phi) is 4.43. The molecule has 80 valence electrons. The van der Waals surface area contributed by atoms with E-state index in [9.17, 15) is 9.59 Å². The number of nitrogens with one attached hydrogen (secondary N) is 1. The number of carbonyl (C=O) groups excluding carboxylic acids is 2. The van der Waals surface area contributed by atoms with E-state index >= 15 is 0 Å². The standard InChI is InChI=1S/C10H17NO3/c1-14-10(13)11-9-4-2-8(3-5-9)6-7-12/h7-9H,2-6H2,1H3,(H,11,13). The molecular formula is C10H17NO3. The highest BCUT2D eigenvalue weighted by atomic mass is 16.5. The monoisotopic (exact) mass is 199 g/mol. The molecule has 0 atom stereocenters. The zero-order valence-electron chi connectivity index (χ0n) is 8.49. The Hall–Kier alpha value is -1.06. The van der Waals surface area contributed by atoms with Crippen molar-refractivity contribution in [3.05, 3.63) is 0 Å². The normalized spacial score (nSPS) is 26.6. The largest absolute Gasteiger partial charge is 0.453 e. The summed E-state index contributed by atoms with van der Waals surface area (Å²) >= 11 is 0. The minimum absolute atomic E-state index is 0.227. The van der Waals surface area contributed by atoms with Gasteiger partial charge in [0.05, 0.1) is 7.11 Å². The molecule has 4 heteroatoms. The lowest BCUT2D eigenvalue weighted by Crippen LogP contribution is -2.37. The van der Waals surface area contributed by atoms with Crippen molar-refractivity contribution in [2.24, 2.45) is 5.92 Å². The predicted octanol–water partition coefficient (Wildman–Crippen LogP) is 1.49. The number of hydrogen-bond acceptors (Lipinski definition) is 3. The van der Waals surface area contributed by atoms with Crippen LogP contribution in [0.1, 0.15) is 32.1 Å². The van der Waals surface area contributed by atoms with Gasteiger partial charge in [-0.3, -0.25) is 0 Å². The highest BCUT2D eigenvalue weighted by Gasteiger charge is 2.21. The third-order valence-electron chi connectivity index (χ3n) is 2.78. The number of hydrogen-bond donors (Lipinski definition) is 1. The topological polar surface area (TPSA) is 55.4 Å². The summed E-state index contributed by atoms with van der Waals surface area (Å²) in [4.78, 5) is 21.2. The zero-order valence-corrected chi connectivity index (χ0v) is 8.49. The number of amides is 1. The maximum absolute atomic E-state index is 10.9. The maximum Gasteiger partial charge on any atom is 0.407 e. The third-order valence-corrected chi connectivity index (χ3v) is 2.78. The molecule has 1 aliphatic carbocycles. The van der Waals surface area contributed by atoms with Gasteiger partial charge in [0, 0.05) is 12.5 Å². The van der Waals surface area contributed by atoms with Crippen LogP contribution in [0.25, 0.3) is 0 Å². The summed E-state index contributed by atoms with van der Waals surface area (Å²) in [6, 6.07) is 0.227. The second-order valence-corrected chi connectivity index (χ2v) is 3.76. The Bertz CT molecular complexity index is 198. The summed E-state index contributed by atoms with van der Waals surface area (Å²) in [5, 5.41) is 2.78. The van der Waals surface area contributed by atoms with Gasteiger partial charge in [0.1, 0.15) is 6.29 Å².